The average Bonchev–Trinajstić information content (AvgIpc) is 3.06. The Kier molecular flexibility index (Phi) is 11.6. The van der Waals surface area contributed by atoms with Crippen LogP contribution in [0.25, 0.3) is 22.3 Å². The van der Waals surface area contributed by atoms with Gasteiger partial charge in [0.05, 0.1) is 6.26 Å². The van der Waals surface area contributed by atoms with Crippen molar-refractivity contribution in [2.45, 2.75) is 110 Å². The van der Waals surface area contributed by atoms with Gasteiger partial charge in [0.15, 0.2) is 11.6 Å². The lowest BCUT2D eigenvalue weighted by molar-refractivity contribution is 0.155. The second-order valence-electron chi connectivity index (χ2n) is 13.2. The number of unbranched alkanes of at least 4 members (excludes halogenated alkanes) is 3. The molecule has 44 heavy (non-hydrogen) atoms. The van der Waals surface area contributed by atoms with Crippen molar-refractivity contribution in [3.63, 3.8) is 0 Å². The predicted molar refractivity (Wildman–Crippen MR) is 176 cm³/mol. The molecule has 3 aromatic rings. The molecule has 2 fully saturated rings. The van der Waals surface area contributed by atoms with Gasteiger partial charge in [-0.3, -0.25) is 0 Å². The zero-order valence-corrected chi connectivity index (χ0v) is 26.6. The minimum Gasteiger partial charge on any atom is -0.462 e. The number of hydrogen-bond acceptors (Lipinski definition) is 1. The third-order valence-electron chi connectivity index (χ3n) is 10.3. The molecule has 4 heteroatoms. The Balaban J connectivity index is 1.17. The van der Waals surface area contributed by atoms with E-state index >= 15 is 4.39 Å². The zero-order chi connectivity index (χ0) is 30.9. The highest BCUT2D eigenvalue weighted by molar-refractivity contribution is 5.71. The summed E-state index contributed by atoms with van der Waals surface area (Å²) in [5, 5.41) is 0. The Morgan fingerprint density at radius 2 is 1.32 bits per heavy atom. The molecule has 0 atom stereocenters. The summed E-state index contributed by atoms with van der Waals surface area (Å²) in [4.78, 5) is 0. The van der Waals surface area contributed by atoms with E-state index in [4.69, 9.17) is 4.74 Å². The van der Waals surface area contributed by atoms with Gasteiger partial charge in [0.1, 0.15) is 5.82 Å². The van der Waals surface area contributed by atoms with Crippen LogP contribution in [0.15, 0.2) is 66.9 Å². The molecule has 0 heterocycles. The third-order valence-corrected chi connectivity index (χ3v) is 10.3. The van der Waals surface area contributed by atoms with E-state index in [2.05, 4.69) is 13.0 Å². The van der Waals surface area contributed by atoms with E-state index in [1.807, 2.05) is 13.0 Å². The van der Waals surface area contributed by atoms with Crippen molar-refractivity contribution in [1.82, 2.24) is 0 Å². The zero-order valence-electron chi connectivity index (χ0n) is 26.6. The van der Waals surface area contributed by atoms with Crippen LogP contribution >= 0.6 is 0 Å². The summed E-state index contributed by atoms with van der Waals surface area (Å²) in [6, 6.07) is 15.6. The van der Waals surface area contributed by atoms with Crippen LogP contribution in [0.5, 0.6) is 5.75 Å². The second kappa shape index (κ2) is 15.8. The fraction of sp³-hybridized carbons (Fsp3) is 0.500. The van der Waals surface area contributed by atoms with Crippen LogP contribution in [-0.4, -0.2) is 0 Å². The summed E-state index contributed by atoms with van der Waals surface area (Å²) in [5.41, 5.74) is 3.01. The molecule has 0 spiro atoms. The lowest BCUT2D eigenvalue weighted by Gasteiger charge is -2.38. The van der Waals surface area contributed by atoms with Gasteiger partial charge in [-0.1, -0.05) is 95.2 Å². The van der Waals surface area contributed by atoms with Crippen molar-refractivity contribution < 1.29 is 17.9 Å². The molecule has 0 aliphatic heterocycles. The first-order valence-corrected chi connectivity index (χ1v) is 17.2. The Morgan fingerprint density at radius 3 is 1.95 bits per heavy atom. The Labute approximate surface area is 262 Å². The van der Waals surface area contributed by atoms with E-state index in [9.17, 15) is 8.78 Å². The van der Waals surface area contributed by atoms with E-state index in [0.29, 0.717) is 22.6 Å². The van der Waals surface area contributed by atoms with E-state index in [1.165, 1.54) is 82.6 Å². The first-order chi connectivity index (χ1) is 21.5. The van der Waals surface area contributed by atoms with Crippen molar-refractivity contribution in [1.29, 1.82) is 0 Å². The Bertz CT molecular complexity index is 1360. The molecular formula is C40H49F3O. The number of halogens is 3. The topological polar surface area (TPSA) is 9.23 Å². The van der Waals surface area contributed by atoms with Crippen LogP contribution in [-0.2, 0) is 0 Å². The van der Waals surface area contributed by atoms with Crippen LogP contribution in [0.3, 0.4) is 0 Å². The maximum atomic E-state index is 15.4. The Hall–Kier alpha value is -3.01. The maximum Gasteiger partial charge on any atom is 0.201 e. The van der Waals surface area contributed by atoms with Crippen molar-refractivity contribution in [3.8, 4) is 28.0 Å². The minimum absolute atomic E-state index is 0.144. The second-order valence-corrected chi connectivity index (χ2v) is 13.2. The van der Waals surface area contributed by atoms with E-state index in [0.717, 1.165) is 49.0 Å². The molecule has 2 aliphatic rings. The van der Waals surface area contributed by atoms with Crippen molar-refractivity contribution in [2.75, 3.05) is 0 Å². The largest absolute Gasteiger partial charge is 0.462 e. The highest BCUT2D eigenvalue weighted by Crippen LogP contribution is 2.45. The number of hydrogen-bond donors (Lipinski definition) is 0. The monoisotopic (exact) mass is 602 g/mol. The number of rotatable bonds is 12. The quantitative estimate of drug-likeness (QED) is 0.148. The summed E-state index contributed by atoms with van der Waals surface area (Å²) >= 11 is 0. The van der Waals surface area contributed by atoms with Gasteiger partial charge in [-0.2, -0.15) is 4.39 Å². The molecule has 3 aromatic carbocycles. The minimum atomic E-state index is -1.02. The van der Waals surface area contributed by atoms with Gasteiger partial charge >= 0.3 is 0 Å². The lowest BCUT2D eigenvalue weighted by Crippen LogP contribution is -2.25. The standard InChI is InChI=1S/C40H49F3O/c1-3-5-7-9-28-10-12-29(13-11-28)30-14-16-31(17-15-30)34-22-23-35(37(41)27-34)32-18-20-33(21-19-32)36-24-25-38(40(43)39(36)42)44-26-8-6-4-2/h8,18-31H,3-7,9-17H2,1-2H3. The molecule has 5 rings (SSSR count). The molecule has 0 unspecified atom stereocenters. The van der Waals surface area contributed by atoms with Crippen LogP contribution in [0.2, 0.25) is 0 Å². The van der Waals surface area contributed by atoms with Crippen LogP contribution < -0.4 is 4.74 Å². The van der Waals surface area contributed by atoms with Gasteiger partial charge in [-0.25, -0.2) is 8.78 Å². The Morgan fingerprint density at radius 1 is 0.682 bits per heavy atom. The first kappa shape index (κ1) is 32.4. The first-order valence-electron chi connectivity index (χ1n) is 17.2. The molecule has 236 valence electrons. The van der Waals surface area contributed by atoms with Gasteiger partial charge in [0.2, 0.25) is 5.82 Å². The van der Waals surface area contributed by atoms with Crippen LogP contribution in [0.4, 0.5) is 13.2 Å². The predicted octanol–water partition coefficient (Wildman–Crippen LogP) is 12.8. The van der Waals surface area contributed by atoms with E-state index < -0.39 is 11.6 Å². The molecule has 0 amide bonds. The van der Waals surface area contributed by atoms with Gasteiger partial charge < -0.3 is 4.74 Å². The molecule has 0 saturated heterocycles. The van der Waals surface area contributed by atoms with Crippen molar-refractivity contribution >= 4 is 0 Å². The molecule has 0 aromatic heterocycles. The molecule has 1 nitrogen and oxygen atoms in total. The molecule has 2 aliphatic carbocycles. The summed E-state index contributed by atoms with van der Waals surface area (Å²) in [6.07, 6.45) is 20.9. The number of allylic oxidation sites excluding steroid dienone is 1. The highest BCUT2D eigenvalue weighted by atomic mass is 19.2. The van der Waals surface area contributed by atoms with E-state index in [-0.39, 0.29) is 17.1 Å². The fourth-order valence-electron chi connectivity index (χ4n) is 7.61. The van der Waals surface area contributed by atoms with Gasteiger partial charge in [-0.05, 0) is 110 Å². The molecular weight excluding hydrogens is 553 g/mol. The summed E-state index contributed by atoms with van der Waals surface area (Å²) in [5.74, 6) is 0.766. The maximum absolute atomic E-state index is 15.4. The van der Waals surface area contributed by atoms with Crippen LogP contribution in [0.1, 0.15) is 115 Å². The van der Waals surface area contributed by atoms with Crippen molar-refractivity contribution in [2.24, 2.45) is 17.8 Å². The summed E-state index contributed by atoms with van der Waals surface area (Å²) in [6.45, 7) is 4.31. The lowest BCUT2D eigenvalue weighted by atomic mass is 9.68. The molecule has 0 radical (unpaired) electrons. The van der Waals surface area contributed by atoms with Crippen LogP contribution in [0, 0.1) is 35.2 Å². The summed E-state index contributed by atoms with van der Waals surface area (Å²) < 4.78 is 50.2. The number of ether oxygens (including phenoxy) is 1. The highest BCUT2D eigenvalue weighted by Gasteiger charge is 2.31. The summed E-state index contributed by atoms with van der Waals surface area (Å²) in [7, 11) is 0. The number of benzene rings is 3. The molecule has 2 saturated carbocycles. The van der Waals surface area contributed by atoms with E-state index in [1.54, 1.807) is 36.4 Å². The average molecular weight is 603 g/mol. The third kappa shape index (κ3) is 7.98. The smallest absolute Gasteiger partial charge is 0.201 e. The molecule has 0 N–H and O–H groups in total. The van der Waals surface area contributed by atoms with Gasteiger partial charge in [-0.15, -0.1) is 0 Å². The normalized spacial score (nSPS) is 22.4. The van der Waals surface area contributed by atoms with Crippen molar-refractivity contribution in [3.05, 3.63) is 90.0 Å². The fourth-order valence-corrected chi connectivity index (χ4v) is 7.61. The SMILES string of the molecule is CCCC=COc1ccc(-c2ccc(-c3ccc(C4CCC(C5CCC(CCCCC)CC5)CC4)cc3F)cc2)c(F)c1F. The van der Waals surface area contributed by atoms with Gasteiger partial charge in [0, 0.05) is 11.1 Å². The van der Waals surface area contributed by atoms with Gasteiger partial charge in [0.25, 0.3) is 0 Å². The molecule has 0 bridgehead atoms.